The van der Waals surface area contributed by atoms with Crippen LogP contribution in [0.1, 0.15) is 0 Å². The molecule has 146 valence electrons. The average Bonchev–Trinajstić information content (AvgIpc) is 3.19. The zero-order valence-corrected chi connectivity index (χ0v) is 17.9. The number of hydrogen-bond donors (Lipinski definition) is 1. The maximum atomic E-state index is 13.2. The Hall–Kier alpha value is -2.68. The van der Waals surface area contributed by atoms with Crippen LogP contribution >= 0.6 is 38.9 Å². The summed E-state index contributed by atoms with van der Waals surface area (Å²) in [6.07, 6.45) is 0. The molecule has 2 aromatic heterocycles. The highest BCUT2D eigenvalue weighted by atomic mass is 79.9. The third-order valence-electron chi connectivity index (χ3n) is 4.29. The van der Waals surface area contributed by atoms with Crippen LogP contribution < -0.4 is 16.6 Å². The molecule has 0 aliphatic carbocycles. The summed E-state index contributed by atoms with van der Waals surface area (Å²) in [5.74, 6) is -0.382. The van der Waals surface area contributed by atoms with Gasteiger partial charge in [-0.1, -0.05) is 23.7 Å². The lowest BCUT2D eigenvalue weighted by atomic mass is 10.3. The first-order valence-electron chi connectivity index (χ1n) is 8.49. The summed E-state index contributed by atoms with van der Waals surface area (Å²) in [5, 5.41) is 4.99. The molecule has 0 saturated heterocycles. The first kappa shape index (κ1) is 19.6. The topological polar surface area (TPSA) is 73.1 Å². The van der Waals surface area contributed by atoms with Crippen molar-refractivity contribution in [1.82, 2.24) is 9.13 Å². The van der Waals surface area contributed by atoms with Crippen molar-refractivity contribution >= 4 is 60.7 Å². The predicted octanol–water partition coefficient (Wildman–Crippen LogP) is 4.27. The number of fused-ring (bicyclic) bond motifs is 1. The summed E-state index contributed by atoms with van der Waals surface area (Å²) in [4.78, 5) is 38.7. The molecule has 0 aliphatic heterocycles. The number of amides is 1. The fourth-order valence-electron chi connectivity index (χ4n) is 2.95. The van der Waals surface area contributed by atoms with Gasteiger partial charge in [0.05, 0.1) is 16.9 Å². The summed E-state index contributed by atoms with van der Waals surface area (Å²) in [5.41, 5.74) is 0.394. The SMILES string of the molecule is O=C(Cn1c(=O)n(-c2ccc(Cl)cc2)c(=O)c2sccc21)Nc1ccccc1Br. The van der Waals surface area contributed by atoms with Crippen molar-refractivity contribution in [2.75, 3.05) is 5.32 Å². The monoisotopic (exact) mass is 489 g/mol. The number of thiophene rings is 1. The number of carbonyl (C=O) groups excluding carboxylic acids is 1. The van der Waals surface area contributed by atoms with Crippen LogP contribution in [0.4, 0.5) is 5.69 Å². The van der Waals surface area contributed by atoms with Gasteiger partial charge in [0, 0.05) is 9.50 Å². The van der Waals surface area contributed by atoms with Crippen LogP contribution in [0.5, 0.6) is 0 Å². The van der Waals surface area contributed by atoms with Crippen molar-refractivity contribution in [3.8, 4) is 5.69 Å². The second-order valence-corrected chi connectivity index (χ2v) is 8.36. The molecule has 2 aromatic carbocycles. The Kier molecular flexibility index (Phi) is 5.40. The van der Waals surface area contributed by atoms with Gasteiger partial charge in [-0.2, -0.15) is 0 Å². The van der Waals surface area contributed by atoms with E-state index in [4.69, 9.17) is 11.6 Å². The molecule has 9 heteroatoms. The molecule has 0 aliphatic rings. The zero-order valence-electron chi connectivity index (χ0n) is 14.8. The number of carbonyl (C=O) groups is 1. The molecule has 1 N–H and O–H groups in total. The van der Waals surface area contributed by atoms with Gasteiger partial charge in [-0.05, 0) is 63.8 Å². The fourth-order valence-corrected chi connectivity index (χ4v) is 4.29. The van der Waals surface area contributed by atoms with Crippen molar-refractivity contribution in [3.63, 3.8) is 0 Å². The van der Waals surface area contributed by atoms with Crippen molar-refractivity contribution in [2.24, 2.45) is 0 Å². The Morgan fingerprint density at radius 1 is 1.07 bits per heavy atom. The Morgan fingerprint density at radius 3 is 2.52 bits per heavy atom. The van der Waals surface area contributed by atoms with E-state index < -0.39 is 11.2 Å². The number of hydrogen-bond acceptors (Lipinski definition) is 4. The van der Waals surface area contributed by atoms with E-state index in [0.717, 1.165) is 9.04 Å². The molecular formula is C20H13BrClN3O3S. The van der Waals surface area contributed by atoms with Crippen molar-refractivity contribution in [1.29, 1.82) is 0 Å². The van der Waals surface area contributed by atoms with Crippen LogP contribution in [0.3, 0.4) is 0 Å². The van der Waals surface area contributed by atoms with Gasteiger partial charge in [0.1, 0.15) is 11.2 Å². The number of halogens is 2. The molecule has 0 spiro atoms. The Balaban J connectivity index is 1.80. The van der Waals surface area contributed by atoms with Gasteiger partial charge in [0.2, 0.25) is 5.91 Å². The Bertz CT molecular complexity index is 1340. The molecule has 4 aromatic rings. The third kappa shape index (κ3) is 3.78. The van der Waals surface area contributed by atoms with Crippen LogP contribution in [-0.4, -0.2) is 15.0 Å². The lowest BCUT2D eigenvalue weighted by molar-refractivity contribution is -0.116. The number of nitrogens with zero attached hydrogens (tertiary/aromatic N) is 2. The number of aromatic nitrogens is 2. The summed E-state index contributed by atoms with van der Waals surface area (Å²) in [6.45, 7) is -0.235. The second kappa shape index (κ2) is 7.98. The number of benzene rings is 2. The van der Waals surface area contributed by atoms with E-state index in [1.807, 2.05) is 6.07 Å². The van der Waals surface area contributed by atoms with E-state index in [2.05, 4.69) is 21.2 Å². The van der Waals surface area contributed by atoms with Crippen molar-refractivity contribution < 1.29 is 4.79 Å². The molecule has 0 fully saturated rings. The minimum Gasteiger partial charge on any atom is -0.324 e. The Morgan fingerprint density at radius 2 is 1.79 bits per heavy atom. The molecule has 0 saturated carbocycles. The van der Waals surface area contributed by atoms with Gasteiger partial charge in [-0.15, -0.1) is 11.3 Å². The number of anilines is 1. The molecule has 0 atom stereocenters. The van der Waals surface area contributed by atoms with Gasteiger partial charge < -0.3 is 5.32 Å². The van der Waals surface area contributed by atoms with Crippen LogP contribution in [-0.2, 0) is 11.3 Å². The summed E-state index contributed by atoms with van der Waals surface area (Å²) in [7, 11) is 0. The molecule has 4 rings (SSSR count). The first-order valence-corrected chi connectivity index (χ1v) is 10.5. The van der Waals surface area contributed by atoms with E-state index in [1.54, 1.807) is 53.9 Å². The number of rotatable bonds is 4. The molecule has 1 amide bonds. The van der Waals surface area contributed by atoms with E-state index in [-0.39, 0.29) is 12.5 Å². The summed E-state index contributed by atoms with van der Waals surface area (Å²) in [6, 6.07) is 15.2. The molecule has 0 radical (unpaired) electrons. The number of para-hydroxylation sites is 1. The maximum Gasteiger partial charge on any atom is 0.336 e. The van der Waals surface area contributed by atoms with E-state index in [1.165, 1.54) is 15.9 Å². The average molecular weight is 491 g/mol. The first-order chi connectivity index (χ1) is 14.0. The van der Waals surface area contributed by atoms with Crippen LogP contribution in [0, 0.1) is 0 Å². The third-order valence-corrected chi connectivity index (χ3v) is 6.12. The highest BCUT2D eigenvalue weighted by Gasteiger charge is 2.18. The normalized spacial score (nSPS) is 11.0. The quantitative estimate of drug-likeness (QED) is 0.464. The largest absolute Gasteiger partial charge is 0.336 e. The fraction of sp³-hybridized carbons (Fsp3) is 0.0500. The smallest absolute Gasteiger partial charge is 0.324 e. The van der Waals surface area contributed by atoms with E-state index in [0.29, 0.717) is 26.6 Å². The standard InChI is InChI=1S/C20H13BrClN3O3S/c21-14-3-1-2-4-15(14)23-17(26)11-24-16-9-10-29-18(16)19(27)25(20(24)28)13-7-5-12(22)6-8-13/h1-10H,11H2,(H,23,26). The van der Waals surface area contributed by atoms with Gasteiger partial charge in [-0.25, -0.2) is 9.36 Å². The maximum absolute atomic E-state index is 13.2. The van der Waals surface area contributed by atoms with Gasteiger partial charge in [0.25, 0.3) is 5.56 Å². The summed E-state index contributed by atoms with van der Waals surface area (Å²) < 4.78 is 3.48. The minimum absolute atomic E-state index is 0.235. The lowest BCUT2D eigenvalue weighted by Crippen LogP contribution is -2.40. The lowest BCUT2D eigenvalue weighted by Gasteiger charge is -2.13. The van der Waals surface area contributed by atoms with Gasteiger partial charge in [0.15, 0.2) is 0 Å². The molecule has 2 heterocycles. The molecule has 29 heavy (non-hydrogen) atoms. The molecule has 6 nitrogen and oxygen atoms in total. The van der Waals surface area contributed by atoms with E-state index in [9.17, 15) is 14.4 Å². The van der Waals surface area contributed by atoms with Crippen LogP contribution in [0.15, 0.2) is 74.0 Å². The van der Waals surface area contributed by atoms with Gasteiger partial charge >= 0.3 is 5.69 Å². The van der Waals surface area contributed by atoms with Gasteiger partial charge in [-0.3, -0.25) is 14.2 Å². The van der Waals surface area contributed by atoms with Crippen molar-refractivity contribution in [3.05, 3.63) is 90.3 Å². The predicted molar refractivity (Wildman–Crippen MR) is 119 cm³/mol. The molecule has 0 bridgehead atoms. The van der Waals surface area contributed by atoms with Crippen LogP contribution in [0.25, 0.3) is 15.9 Å². The Labute approximate surface area is 182 Å². The molecular weight excluding hydrogens is 478 g/mol. The number of nitrogens with one attached hydrogen (secondary N) is 1. The second-order valence-electron chi connectivity index (χ2n) is 6.15. The zero-order chi connectivity index (χ0) is 20.5. The molecule has 0 unspecified atom stereocenters. The highest BCUT2D eigenvalue weighted by molar-refractivity contribution is 9.10. The van der Waals surface area contributed by atoms with Crippen molar-refractivity contribution in [2.45, 2.75) is 6.54 Å². The van der Waals surface area contributed by atoms with E-state index >= 15 is 0 Å². The summed E-state index contributed by atoms with van der Waals surface area (Å²) >= 11 is 10.5. The minimum atomic E-state index is -0.592. The highest BCUT2D eigenvalue weighted by Crippen LogP contribution is 2.22. The van der Waals surface area contributed by atoms with Crippen LogP contribution in [0.2, 0.25) is 5.02 Å².